The predicted molar refractivity (Wildman–Crippen MR) is 509 cm³/mol. The Kier molecular flexibility index (Phi) is 17.8. The lowest BCUT2D eigenvalue weighted by Gasteiger charge is -2.23. The van der Waals surface area contributed by atoms with E-state index in [2.05, 4.69) is 403 Å². The Morgan fingerprint density at radius 3 is 0.984 bits per heavy atom. The minimum Gasteiger partial charge on any atom is -0.484 e. The normalized spacial score (nSPS) is 14.9. The first-order valence-electron chi connectivity index (χ1n) is 42.4. The largest absolute Gasteiger partial charge is 0.484 e. The standard InChI is InChI=1S/C63H42N4O.C51H32N4OS/c1-4-16-41(17-5-1)45-22-12-23-46(38-45)44-32-34-51(35-33-44)67-55-30-11-10-28-52(55)59-56(67)37-36-53-58-54(29-15-31-57(58)68-60(53)59)63-65-61(49-26-13-24-47(39-49)42-18-6-2-7-19-42)64-62(66-63)50-27-14-25-48(40-50)43-20-8-3-9-21-43;1-3-12-31(13-4-1)32-22-25-35(26-23-32)55-41-19-9-7-17-38(41)47-42(55)29-28-39-46-40(18-11-20-43(46)56-48(39)47)51-53-49(33-14-5-2-6-15-33)52-50(54-51)34-24-27-37-36-16-8-10-21-44(36)57-45(37)30-34/h1-40,53,60H;1-30,39,48H. The van der Waals surface area contributed by atoms with Gasteiger partial charge < -0.3 is 18.6 Å². The highest BCUT2D eigenvalue weighted by Crippen LogP contribution is 2.58. The average molecular weight is 1620 g/mol. The van der Waals surface area contributed by atoms with Gasteiger partial charge in [-0.3, -0.25) is 0 Å². The molecular formula is C114H74N8O2S. The Labute approximate surface area is 726 Å². The molecule has 10 nitrogen and oxygen atoms in total. The number of fused-ring (bicyclic) bond motifs is 17. The van der Waals surface area contributed by atoms with Gasteiger partial charge in [0.15, 0.2) is 34.9 Å². The number of rotatable bonds is 13. The molecule has 0 saturated carbocycles. The molecule has 588 valence electrons. The van der Waals surface area contributed by atoms with Crippen LogP contribution in [0, 0.1) is 0 Å². The van der Waals surface area contributed by atoms with Gasteiger partial charge in [0.2, 0.25) is 0 Å². The third-order valence-corrected chi connectivity index (χ3v) is 26.0. The van der Waals surface area contributed by atoms with E-state index in [9.17, 15) is 0 Å². The van der Waals surface area contributed by atoms with E-state index in [0.29, 0.717) is 34.9 Å². The monoisotopic (exact) mass is 1620 g/mol. The van der Waals surface area contributed by atoms with Gasteiger partial charge in [0.1, 0.15) is 23.7 Å². The second-order valence-corrected chi connectivity index (χ2v) is 33.3. The first-order valence-corrected chi connectivity index (χ1v) is 43.2. The molecule has 2 aliphatic heterocycles. The van der Waals surface area contributed by atoms with E-state index in [-0.39, 0.29) is 24.0 Å². The van der Waals surface area contributed by atoms with Crippen molar-refractivity contribution in [1.82, 2.24) is 39.0 Å². The van der Waals surface area contributed by atoms with Gasteiger partial charge in [0.05, 0.1) is 22.4 Å². The van der Waals surface area contributed by atoms with Gasteiger partial charge in [-0.25, -0.2) is 29.9 Å². The molecule has 0 spiro atoms. The molecule has 16 aromatic carbocycles. The van der Waals surface area contributed by atoms with Crippen LogP contribution in [0.15, 0.2) is 413 Å². The maximum Gasteiger partial charge on any atom is 0.164 e. The number of benzene rings is 16. The first kappa shape index (κ1) is 72.9. The predicted octanol–water partition coefficient (Wildman–Crippen LogP) is 28.8. The van der Waals surface area contributed by atoms with Crippen LogP contribution < -0.4 is 9.47 Å². The second-order valence-electron chi connectivity index (χ2n) is 32.2. The minimum atomic E-state index is -0.247. The maximum absolute atomic E-state index is 7.10. The lowest BCUT2D eigenvalue weighted by atomic mass is 9.83. The molecule has 5 aromatic heterocycles. The third kappa shape index (κ3) is 12.9. The molecule has 7 heterocycles. The highest BCUT2D eigenvalue weighted by Gasteiger charge is 2.44. The quantitative estimate of drug-likeness (QED) is 0.112. The Morgan fingerprint density at radius 1 is 0.224 bits per heavy atom. The van der Waals surface area contributed by atoms with E-state index >= 15 is 0 Å². The van der Waals surface area contributed by atoms with E-state index in [1.54, 1.807) is 11.3 Å². The van der Waals surface area contributed by atoms with Crippen molar-refractivity contribution in [2.75, 3.05) is 0 Å². The number of hydrogen-bond donors (Lipinski definition) is 0. The van der Waals surface area contributed by atoms with Gasteiger partial charge in [0.25, 0.3) is 0 Å². The summed E-state index contributed by atoms with van der Waals surface area (Å²) < 4.78 is 21.3. The summed E-state index contributed by atoms with van der Waals surface area (Å²) in [4.78, 5) is 31.3. The van der Waals surface area contributed by atoms with Crippen LogP contribution in [0.1, 0.15) is 57.7 Å². The lowest BCUT2D eigenvalue weighted by molar-refractivity contribution is 0.224. The van der Waals surface area contributed by atoms with Crippen LogP contribution in [-0.4, -0.2) is 39.0 Å². The van der Waals surface area contributed by atoms with Crippen molar-refractivity contribution >= 4 is 65.5 Å². The number of para-hydroxylation sites is 2. The first-order chi connectivity index (χ1) is 61.9. The van der Waals surface area contributed by atoms with Crippen LogP contribution in [0.5, 0.6) is 11.5 Å². The van der Waals surface area contributed by atoms with Gasteiger partial charge in [-0.15, -0.1) is 11.3 Å². The van der Waals surface area contributed by atoms with E-state index in [1.165, 1.54) is 75.5 Å². The molecule has 21 aromatic rings. The summed E-state index contributed by atoms with van der Waals surface area (Å²) >= 11 is 1.80. The zero-order valence-corrected chi connectivity index (χ0v) is 68.3. The summed E-state index contributed by atoms with van der Waals surface area (Å²) in [6.45, 7) is 0. The Hall–Kier alpha value is -16.1. The summed E-state index contributed by atoms with van der Waals surface area (Å²) in [5.74, 6) is 5.36. The van der Waals surface area contributed by atoms with Crippen LogP contribution in [0.25, 0.3) is 189 Å². The molecule has 4 aliphatic rings. The summed E-state index contributed by atoms with van der Waals surface area (Å²) in [6.07, 6.45) is 8.75. The highest BCUT2D eigenvalue weighted by atomic mass is 32.1. The van der Waals surface area contributed by atoms with Crippen LogP contribution >= 0.6 is 11.3 Å². The molecule has 0 radical (unpaired) electrons. The second kappa shape index (κ2) is 30.6. The van der Waals surface area contributed by atoms with Gasteiger partial charge >= 0.3 is 0 Å². The molecule has 0 bridgehead atoms. The Balaban J connectivity index is 0.000000142. The molecule has 11 heteroatoms. The van der Waals surface area contributed by atoms with Crippen LogP contribution in [-0.2, 0) is 0 Å². The topological polar surface area (TPSA) is 106 Å². The molecule has 2 aliphatic carbocycles. The zero-order valence-electron chi connectivity index (χ0n) is 67.5. The molecule has 4 atom stereocenters. The molecule has 0 N–H and O–H groups in total. The van der Waals surface area contributed by atoms with Crippen LogP contribution in [0.3, 0.4) is 0 Å². The fourth-order valence-corrected chi connectivity index (χ4v) is 20.2. The van der Waals surface area contributed by atoms with Crippen molar-refractivity contribution in [1.29, 1.82) is 0 Å². The fraction of sp³-hybridized carbons (Fsp3) is 0.0351. The van der Waals surface area contributed by atoms with Gasteiger partial charge in [-0.1, -0.05) is 334 Å². The highest BCUT2D eigenvalue weighted by molar-refractivity contribution is 7.25. The zero-order chi connectivity index (χ0) is 82.4. The van der Waals surface area contributed by atoms with Crippen molar-refractivity contribution in [3.63, 3.8) is 0 Å². The van der Waals surface area contributed by atoms with Gasteiger partial charge in [-0.2, -0.15) is 0 Å². The number of nitrogens with zero attached hydrogens (tertiary/aromatic N) is 8. The smallest absolute Gasteiger partial charge is 0.164 e. The van der Waals surface area contributed by atoms with Crippen molar-refractivity contribution in [3.05, 3.63) is 446 Å². The Bertz CT molecular complexity index is 7760. The fourth-order valence-electron chi connectivity index (χ4n) is 19.1. The number of thiophene rings is 1. The molecular weight excluding hydrogens is 1550 g/mol. The molecule has 0 fully saturated rings. The summed E-state index contributed by atoms with van der Waals surface area (Å²) in [5.41, 5.74) is 28.6. The molecule has 0 amide bonds. The molecule has 125 heavy (non-hydrogen) atoms. The average Bonchev–Trinajstić information content (AvgIpc) is 1.56. The summed E-state index contributed by atoms with van der Waals surface area (Å²) in [7, 11) is 0. The SMILES string of the molecule is C1=CC2c3c(cccc3-c3nc(-c4cccc(-c5ccccc5)c4)nc(-c4cccc(-c5ccccc5)c4)n3)OC2c2c1n(-c1ccc(-c3cccc(-c4ccccc4)c3)cc1)c1ccccc21.C1=CC2c3c(cccc3-c3nc(-c4ccccc4)nc(-c4ccc5c(c4)sc4ccccc45)n3)OC2c2c1n(-c1ccc(-c3ccccc3)cc1)c1ccccc21. The third-order valence-electron chi connectivity index (χ3n) is 24.9. The lowest BCUT2D eigenvalue weighted by Crippen LogP contribution is -2.14. The molecule has 0 saturated heterocycles. The van der Waals surface area contributed by atoms with Gasteiger partial charge in [-0.05, 0) is 147 Å². The van der Waals surface area contributed by atoms with E-state index in [4.69, 9.17) is 39.4 Å². The summed E-state index contributed by atoms with van der Waals surface area (Å²) in [6, 6.07) is 141. The molecule has 25 rings (SSSR count). The Morgan fingerprint density at radius 2 is 0.536 bits per heavy atom. The van der Waals surface area contributed by atoms with E-state index in [0.717, 1.165) is 112 Å². The van der Waals surface area contributed by atoms with Crippen molar-refractivity contribution in [2.45, 2.75) is 24.0 Å². The van der Waals surface area contributed by atoms with Crippen molar-refractivity contribution in [2.24, 2.45) is 0 Å². The minimum absolute atomic E-state index is 0.0290. The van der Waals surface area contributed by atoms with Crippen LogP contribution in [0.4, 0.5) is 0 Å². The summed E-state index contributed by atoms with van der Waals surface area (Å²) in [5, 5.41) is 4.89. The number of ether oxygens (including phenoxy) is 2. The molecule has 4 unspecified atom stereocenters. The van der Waals surface area contributed by atoms with E-state index in [1.807, 2.05) is 30.3 Å². The van der Waals surface area contributed by atoms with Crippen molar-refractivity contribution < 1.29 is 9.47 Å². The number of aromatic nitrogens is 8. The van der Waals surface area contributed by atoms with E-state index < -0.39 is 0 Å². The van der Waals surface area contributed by atoms with Gasteiger partial charge in [0, 0.05) is 110 Å². The maximum atomic E-state index is 7.10. The van der Waals surface area contributed by atoms with Crippen molar-refractivity contribution in [3.8, 4) is 147 Å². The number of hydrogen-bond acceptors (Lipinski definition) is 9. The van der Waals surface area contributed by atoms with Crippen LogP contribution in [0.2, 0.25) is 0 Å².